The van der Waals surface area contributed by atoms with Gasteiger partial charge in [0, 0.05) is 48.7 Å². The molecule has 212 valence electrons. The molecule has 0 N–H and O–H groups in total. The fourth-order valence-electron chi connectivity index (χ4n) is 6.83. The van der Waals surface area contributed by atoms with Crippen LogP contribution in [0.4, 0.5) is 5.69 Å². The van der Waals surface area contributed by atoms with Gasteiger partial charge in [-0.05, 0) is 77.0 Å². The molecule has 0 radical (unpaired) electrons. The van der Waals surface area contributed by atoms with Crippen molar-refractivity contribution >= 4 is 46.0 Å². The molecule has 0 unspecified atom stereocenters. The third kappa shape index (κ3) is 6.29. The Labute approximate surface area is 236 Å². The number of carbonyl (C=O) groups is 3. The van der Waals surface area contributed by atoms with Crippen LogP contribution in [0.3, 0.4) is 0 Å². The van der Waals surface area contributed by atoms with Crippen LogP contribution in [0.25, 0.3) is 10.9 Å². The van der Waals surface area contributed by atoms with E-state index in [4.69, 9.17) is 16.3 Å². The SMILES string of the molecule is CC(C)(C)OC(=O)C[C@H](C(=O)N1CCC[C@H]1Cn1cc(N2CCCC2=O)c2cc(Cl)ccc21)C1CCCCC1. The van der Waals surface area contributed by atoms with Crippen LogP contribution in [0.15, 0.2) is 24.4 Å². The lowest BCUT2D eigenvalue weighted by Crippen LogP contribution is -2.45. The van der Waals surface area contributed by atoms with Crippen LogP contribution in [0.1, 0.15) is 85.0 Å². The smallest absolute Gasteiger partial charge is 0.307 e. The molecule has 1 saturated carbocycles. The number of benzene rings is 1. The number of amides is 2. The summed E-state index contributed by atoms with van der Waals surface area (Å²) in [4.78, 5) is 43.5. The van der Waals surface area contributed by atoms with Crippen molar-refractivity contribution in [3.63, 3.8) is 0 Å². The predicted molar refractivity (Wildman–Crippen MR) is 154 cm³/mol. The van der Waals surface area contributed by atoms with E-state index in [2.05, 4.69) is 10.8 Å². The lowest BCUT2D eigenvalue weighted by Gasteiger charge is -2.35. The number of anilines is 1. The highest BCUT2D eigenvalue weighted by Gasteiger charge is 2.39. The minimum Gasteiger partial charge on any atom is -0.460 e. The van der Waals surface area contributed by atoms with E-state index in [1.807, 2.05) is 48.8 Å². The van der Waals surface area contributed by atoms with Crippen LogP contribution in [0.2, 0.25) is 5.02 Å². The number of likely N-dealkylation sites (tertiary alicyclic amines) is 1. The molecule has 0 bridgehead atoms. The first-order chi connectivity index (χ1) is 18.6. The zero-order valence-electron chi connectivity index (χ0n) is 23.6. The van der Waals surface area contributed by atoms with Crippen LogP contribution in [0, 0.1) is 11.8 Å². The average Bonchev–Trinajstić information content (AvgIpc) is 3.60. The van der Waals surface area contributed by atoms with Gasteiger partial charge >= 0.3 is 5.97 Å². The van der Waals surface area contributed by atoms with E-state index >= 15 is 0 Å². The first-order valence-electron chi connectivity index (χ1n) is 14.7. The van der Waals surface area contributed by atoms with Gasteiger partial charge in [0.25, 0.3) is 0 Å². The number of halogens is 1. The Morgan fingerprint density at radius 3 is 2.51 bits per heavy atom. The van der Waals surface area contributed by atoms with Crippen molar-refractivity contribution in [1.29, 1.82) is 0 Å². The number of nitrogens with zero attached hydrogens (tertiary/aromatic N) is 3. The molecule has 2 amide bonds. The van der Waals surface area contributed by atoms with Gasteiger partial charge in [-0.1, -0.05) is 30.9 Å². The molecular weight excluding hydrogens is 514 g/mol. The Morgan fingerprint density at radius 2 is 1.82 bits per heavy atom. The standard InChI is InChI=1S/C31H42ClN3O4/c1-31(2,3)39-29(37)18-24(21-9-5-4-6-10-21)30(38)34-15-7-11-23(34)19-33-20-27(35-16-8-12-28(35)36)25-17-22(32)13-14-26(25)33/h13-14,17,20-21,23-24H,4-12,15-16,18-19H2,1-3H3/t23-,24-/m0/s1. The van der Waals surface area contributed by atoms with Gasteiger partial charge in [-0.15, -0.1) is 0 Å². The predicted octanol–water partition coefficient (Wildman–Crippen LogP) is 6.34. The van der Waals surface area contributed by atoms with Gasteiger partial charge in [-0.3, -0.25) is 14.4 Å². The largest absolute Gasteiger partial charge is 0.460 e. The quantitative estimate of drug-likeness (QED) is 0.374. The molecule has 3 heterocycles. The highest BCUT2D eigenvalue weighted by molar-refractivity contribution is 6.31. The van der Waals surface area contributed by atoms with Gasteiger partial charge < -0.3 is 19.1 Å². The number of aromatic nitrogens is 1. The summed E-state index contributed by atoms with van der Waals surface area (Å²) in [5.41, 5.74) is 1.35. The molecule has 8 heteroatoms. The van der Waals surface area contributed by atoms with Crippen LogP contribution < -0.4 is 4.90 Å². The van der Waals surface area contributed by atoms with Gasteiger partial charge in [0.1, 0.15) is 5.60 Å². The van der Waals surface area contributed by atoms with Crippen molar-refractivity contribution in [1.82, 2.24) is 9.47 Å². The van der Waals surface area contributed by atoms with Gasteiger partial charge in [-0.25, -0.2) is 0 Å². The maximum atomic E-state index is 14.2. The highest BCUT2D eigenvalue weighted by atomic mass is 35.5. The van der Waals surface area contributed by atoms with E-state index in [-0.39, 0.29) is 42.1 Å². The van der Waals surface area contributed by atoms with E-state index < -0.39 is 5.60 Å². The van der Waals surface area contributed by atoms with Crippen molar-refractivity contribution < 1.29 is 19.1 Å². The molecular formula is C31H42ClN3O4. The fraction of sp³-hybridized carbons (Fsp3) is 0.645. The molecule has 2 aliphatic heterocycles. The second-order valence-corrected chi connectivity index (χ2v) is 13.0. The molecule has 2 aromatic rings. The molecule has 2 saturated heterocycles. The van der Waals surface area contributed by atoms with Crippen molar-refractivity contribution in [2.45, 2.75) is 103 Å². The van der Waals surface area contributed by atoms with E-state index in [1.54, 1.807) is 0 Å². The summed E-state index contributed by atoms with van der Waals surface area (Å²) in [5.74, 6) is -0.148. The first-order valence-corrected chi connectivity index (χ1v) is 15.1. The molecule has 0 spiro atoms. The maximum Gasteiger partial charge on any atom is 0.307 e. The van der Waals surface area contributed by atoms with E-state index in [1.165, 1.54) is 6.42 Å². The molecule has 3 fully saturated rings. The molecule has 2 atom stereocenters. The van der Waals surface area contributed by atoms with Gasteiger partial charge in [-0.2, -0.15) is 0 Å². The number of ether oxygens (including phenoxy) is 1. The Kier molecular flexibility index (Phi) is 8.27. The zero-order chi connectivity index (χ0) is 27.7. The summed E-state index contributed by atoms with van der Waals surface area (Å²) < 4.78 is 7.84. The molecule has 7 nitrogen and oxygen atoms in total. The van der Waals surface area contributed by atoms with E-state index in [9.17, 15) is 14.4 Å². The molecule has 3 aliphatic rings. The summed E-state index contributed by atoms with van der Waals surface area (Å²) in [7, 11) is 0. The molecule has 1 aromatic carbocycles. The minimum atomic E-state index is -0.569. The topological polar surface area (TPSA) is 71.9 Å². The van der Waals surface area contributed by atoms with Crippen LogP contribution >= 0.6 is 11.6 Å². The first kappa shape index (κ1) is 28.0. The summed E-state index contributed by atoms with van der Waals surface area (Å²) in [6.45, 7) is 7.69. The summed E-state index contributed by atoms with van der Waals surface area (Å²) >= 11 is 6.36. The Balaban J connectivity index is 1.39. The third-order valence-electron chi connectivity index (χ3n) is 8.60. The van der Waals surface area contributed by atoms with E-state index in [0.717, 1.165) is 61.5 Å². The number of carbonyl (C=O) groups excluding carboxylic acids is 3. The fourth-order valence-corrected chi connectivity index (χ4v) is 7.00. The number of rotatable bonds is 7. The minimum absolute atomic E-state index is 0.0376. The lowest BCUT2D eigenvalue weighted by molar-refractivity contribution is -0.160. The Hall–Kier alpha value is -2.54. The Bertz CT molecular complexity index is 1230. The summed E-state index contributed by atoms with van der Waals surface area (Å²) in [6.07, 6.45) is 10.9. The van der Waals surface area contributed by atoms with Crippen molar-refractivity contribution in [3.05, 3.63) is 29.4 Å². The molecule has 1 aromatic heterocycles. The molecule has 39 heavy (non-hydrogen) atoms. The Morgan fingerprint density at radius 1 is 1.05 bits per heavy atom. The lowest BCUT2D eigenvalue weighted by atomic mass is 9.77. The number of esters is 1. The second-order valence-electron chi connectivity index (χ2n) is 12.6. The van der Waals surface area contributed by atoms with Gasteiger partial charge in [0.2, 0.25) is 11.8 Å². The van der Waals surface area contributed by atoms with E-state index in [0.29, 0.717) is 31.1 Å². The maximum absolute atomic E-state index is 14.2. The van der Waals surface area contributed by atoms with Gasteiger partial charge in [0.05, 0.1) is 23.5 Å². The van der Waals surface area contributed by atoms with Crippen LogP contribution in [-0.2, 0) is 25.7 Å². The van der Waals surface area contributed by atoms with Gasteiger partial charge in [0.15, 0.2) is 0 Å². The van der Waals surface area contributed by atoms with Crippen molar-refractivity contribution in [2.24, 2.45) is 11.8 Å². The second kappa shape index (κ2) is 11.5. The normalized spacial score (nSPS) is 21.6. The molecule has 1 aliphatic carbocycles. The number of hydrogen-bond acceptors (Lipinski definition) is 4. The summed E-state index contributed by atoms with van der Waals surface area (Å²) in [6, 6.07) is 5.87. The number of fused-ring (bicyclic) bond motifs is 1. The molecule has 5 rings (SSSR count). The number of hydrogen-bond donors (Lipinski definition) is 0. The van der Waals surface area contributed by atoms with Crippen LogP contribution in [0.5, 0.6) is 0 Å². The zero-order valence-corrected chi connectivity index (χ0v) is 24.3. The van der Waals surface area contributed by atoms with Crippen molar-refractivity contribution in [2.75, 3.05) is 18.0 Å². The van der Waals surface area contributed by atoms with Crippen molar-refractivity contribution in [3.8, 4) is 0 Å². The third-order valence-corrected chi connectivity index (χ3v) is 8.83. The average molecular weight is 556 g/mol. The monoisotopic (exact) mass is 555 g/mol. The summed E-state index contributed by atoms with van der Waals surface area (Å²) in [5, 5.41) is 1.61. The van der Waals surface area contributed by atoms with Crippen LogP contribution in [-0.4, -0.2) is 52.0 Å². The highest BCUT2D eigenvalue weighted by Crippen LogP contribution is 2.37.